The number of thiazole rings is 1. The van der Waals surface area contributed by atoms with E-state index < -0.39 is 22.8 Å². The minimum Gasteiger partial charge on any atom is -0.482 e. The maximum atomic E-state index is 12.4. The Kier molecular flexibility index (Phi) is 7.56. The predicted molar refractivity (Wildman–Crippen MR) is 115 cm³/mol. The molecule has 30 heavy (non-hydrogen) atoms. The van der Waals surface area contributed by atoms with Gasteiger partial charge in [0.05, 0.1) is 17.6 Å². The van der Waals surface area contributed by atoms with E-state index >= 15 is 0 Å². The molecule has 12 heteroatoms. The molecule has 0 aliphatic heterocycles. The third-order valence-electron chi connectivity index (χ3n) is 3.51. The van der Waals surface area contributed by atoms with E-state index in [1.54, 1.807) is 47.8 Å². The number of aromatic nitrogens is 1. The van der Waals surface area contributed by atoms with Crippen LogP contribution in [0.4, 0.5) is 29.7 Å². The van der Waals surface area contributed by atoms with Crippen molar-refractivity contribution in [2.75, 3.05) is 22.9 Å². The predicted octanol–water partition coefficient (Wildman–Crippen LogP) is 5.29. The zero-order valence-electron chi connectivity index (χ0n) is 15.4. The van der Waals surface area contributed by atoms with Gasteiger partial charge >= 0.3 is 6.18 Å². The summed E-state index contributed by atoms with van der Waals surface area (Å²) >= 11 is 1.27. The number of rotatable bonds is 7. The Balaban J connectivity index is 0.00000320. The zero-order chi connectivity index (χ0) is 21.1. The molecule has 0 aliphatic carbocycles. The third-order valence-corrected chi connectivity index (χ3v) is 4.87. The topological polar surface area (TPSA) is 80.3 Å². The van der Waals surface area contributed by atoms with Gasteiger partial charge < -0.3 is 10.1 Å². The first-order chi connectivity index (χ1) is 13.6. The highest BCUT2D eigenvalue weighted by atomic mass is 35.5. The number of benzene rings is 2. The lowest BCUT2D eigenvalue weighted by Gasteiger charge is -2.13. The molecule has 0 saturated carbocycles. The summed E-state index contributed by atoms with van der Waals surface area (Å²) in [7, 11) is -3.36. The van der Waals surface area contributed by atoms with Crippen molar-refractivity contribution in [1.29, 1.82) is 0 Å². The molecule has 6 nitrogen and oxygen atoms in total. The summed E-state index contributed by atoms with van der Waals surface area (Å²) in [6.07, 6.45) is -3.37. The van der Waals surface area contributed by atoms with E-state index in [1.165, 1.54) is 17.4 Å². The molecule has 0 spiro atoms. The van der Waals surface area contributed by atoms with Crippen LogP contribution in [0.25, 0.3) is 11.3 Å². The number of alkyl halides is 3. The van der Waals surface area contributed by atoms with Crippen molar-refractivity contribution in [3.63, 3.8) is 0 Å². The van der Waals surface area contributed by atoms with Crippen molar-refractivity contribution in [1.82, 2.24) is 4.98 Å². The Labute approximate surface area is 181 Å². The van der Waals surface area contributed by atoms with E-state index in [9.17, 15) is 21.6 Å². The molecule has 0 atom stereocenters. The van der Waals surface area contributed by atoms with Crippen LogP contribution in [0.1, 0.15) is 0 Å². The lowest BCUT2D eigenvalue weighted by Crippen LogP contribution is -2.19. The second-order valence-electron chi connectivity index (χ2n) is 6.01. The molecule has 1 heterocycles. The molecule has 1 aromatic heterocycles. The van der Waals surface area contributed by atoms with Crippen molar-refractivity contribution in [2.45, 2.75) is 6.18 Å². The number of sulfonamides is 1. The van der Waals surface area contributed by atoms with Gasteiger partial charge in [0.25, 0.3) is 0 Å². The second kappa shape index (κ2) is 9.54. The first kappa shape index (κ1) is 23.8. The van der Waals surface area contributed by atoms with Crippen LogP contribution >= 0.6 is 23.7 Å². The molecule has 0 radical (unpaired) electrons. The molecule has 0 saturated heterocycles. The van der Waals surface area contributed by atoms with Crippen LogP contribution in [0.15, 0.2) is 53.9 Å². The number of hydrogen-bond acceptors (Lipinski definition) is 6. The summed E-state index contributed by atoms with van der Waals surface area (Å²) < 4.78 is 67.0. The van der Waals surface area contributed by atoms with Crippen LogP contribution in [0, 0.1) is 0 Å². The van der Waals surface area contributed by atoms with Gasteiger partial charge in [-0.05, 0) is 24.3 Å². The van der Waals surface area contributed by atoms with Gasteiger partial charge in [-0.3, -0.25) is 4.72 Å². The molecular weight excluding hydrogens is 463 g/mol. The summed E-state index contributed by atoms with van der Waals surface area (Å²) in [6, 6.07) is 12.9. The lowest BCUT2D eigenvalue weighted by atomic mass is 10.1. The van der Waals surface area contributed by atoms with Crippen LogP contribution in [-0.2, 0) is 10.0 Å². The van der Waals surface area contributed by atoms with Gasteiger partial charge in [0.15, 0.2) is 11.7 Å². The van der Waals surface area contributed by atoms with Crippen LogP contribution in [0.2, 0.25) is 0 Å². The molecule has 162 valence electrons. The SMILES string of the molecule is CS(=O)(=O)Nc1ccc(-c2csc(Nc3ccccc3OCC(F)(F)F)n2)cc1.Cl. The first-order valence-corrected chi connectivity index (χ1v) is 11.0. The van der Waals surface area contributed by atoms with Gasteiger partial charge in [0.1, 0.15) is 5.75 Å². The summed E-state index contributed by atoms with van der Waals surface area (Å²) in [5.41, 5.74) is 2.19. The molecule has 2 aromatic carbocycles. The minimum atomic E-state index is -4.43. The monoisotopic (exact) mass is 479 g/mol. The lowest BCUT2D eigenvalue weighted by molar-refractivity contribution is -0.153. The Morgan fingerprint density at radius 3 is 2.40 bits per heavy atom. The van der Waals surface area contributed by atoms with Crippen molar-refractivity contribution >= 4 is 50.3 Å². The molecule has 3 aromatic rings. The van der Waals surface area contributed by atoms with Crippen LogP contribution < -0.4 is 14.8 Å². The van der Waals surface area contributed by atoms with E-state index in [-0.39, 0.29) is 18.2 Å². The highest BCUT2D eigenvalue weighted by molar-refractivity contribution is 7.92. The van der Waals surface area contributed by atoms with E-state index in [2.05, 4.69) is 15.0 Å². The fraction of sp³-hybridized carbons (Fsp3) is 0.167. The van der Waals surface area contributed by atoms with E-state index in [0.29, 0.717) is 22.2 Å². The average Bonchev–Trinajstić information content (AvgIpc) is 3.08. The number of para-hydroxylation sites is 2. The maximum absolute atomic E-state index is 12.4. The summed E-state index contributed by atoms with van der Waals surface area (Å²) in [4.78, 5) is 4.42. The molecule has 2 N–H and O–H groups in total. The average molecular weight is 480 g/mol. The molecule has 3 rings (SSSR count). The quantitative estimate of drug-likeness (QED) is 0.481. The first-order valence-electron chi connectivity index (χ1n) is 8.18. The van der Waals surface area contributed by atoms with Crippen molar-refractivity contribution in [2.24, 2.45) is 0 Å². The van der Waals surface area contributed by atoms with E-state index in [1.807, 2.05) is 0 Å². The zero-order valence-corrected chi connectivity index (χ0v) is 17.9. The Morgan fingerprint density at radius 2 is 1.77 bits per heavy atom. The molecule has 0 fully saturated rings. The number of nitrogens with one attached hydrogen (secondary N) is 2. The van der Waals surface area contributed by atoms with Gasteiger partial charge in [-0.2, -0.15) is 13.2 Å². The minimum absolute atomic E-state index is 0. The summed E-state index contributed by atoms with van der Waals surface area (Å²) in [6.45, 7) is -1.39. The number of ether oxygens (including phenoxy) is 1. The number of hydrogen-bond donors (Lipinski definition) is 2. The highest BCUT2D eigenvalue weighted by Crippen LogP contribution is 2.32. The Hall–Kier alpha value is -2.50. The standard InChI is InChI=1S/C18H16F3N3O3S2.ClH/c1-29(25,26)24-13-8-6-12(7-9-13)15-10-28-17(23-15)22-14-4-2-3-5-16(14)27-11-18(19,20)21;/h2-10,24H,11H2,1H3,(H,22,23);1H. The maximum Gasteiger partial charge on any atom is 0.422 e. The number of nitrogens with zero attached hydrogens (tertiary/aromatic N) is 1. The van der Waals surface area contributed by atoms with Crippen LogP contribution in [-0.4, -0.2) is 32.4 Å². The number of anilines is 3. The van der Waals surface area contributed by atoms with Crippen molar-refractivity contribution in [3.8, 4) is 17.0 Å². The Morgan fingerprint density at radius 1 is 1.10 bits per heavy atom. The highest BCUT2D eigenvalue weighted by Gasteiger charge is 2.28. The molecule has 0 unspecified atom stereocenters. The van der Waals surface area contributed by atoms with Crippen molar-refractivity contribution in [3.05, 3.63) is 53.9 Å². The van der Waals surface area contributed by atoms with Crippen LogP contribution in [0.3, 0.4) is 0 Å². The summed E-state index contributed by atoms with van der Waals surface area (Å²) in [5, 5.41) is 5.22. The molecule has 0 amide bonds. The van der Waals surface area contributed by atoms with Gasteiger partial charge in [0.2, 0.25) is 10.0 Å². The third kappa shape index (κ3) is 7.08. The fourth-order valence-electron chi connectivity index (χ4n) is 2.36. The smallest absolute Gasteiger partial charge is 0.422 e. The van der Waals surface area contributed by atoms with Crippen molar-refractivity contribution < 1.29 is 26.3 Å². The molecule has 0 bridgehead atoms. The number of halogens is 4. The molecule has 0 aliphatic rings. The normalized spacial score (nSPS) is 11.5. The fourth-order valence-corrected chi connectivity index (χ4v) is 3.65. The van der Waals surface area contributed by atoms with Gasteiger partial charge in [-0.15, -0.1) is 23.7 Å². The largest absolute Gasteiger partial charge is 0.482 e. The molecular formula is C18H17ClF3N3O3S2. The van der Waals surface area contributed by atoms with Gasteiger partial charge in [-0.25, -0.2) is 13.4 Å². The second-order valence-corrected chi connectivity index (χ2v) is 8.62. The summed E-state index contributed by atoms with van der Waals surface area (Å²) in [5.74, 6) is 0.0674. The van der Waals surface area contributed by atoms with E-state index in [4.69, 9.17) is 4.74 Å². The van der Waals surface area contributed by atoms with Crippen LogP contribution in [0.5, 0.6) is 5.75 Å². The Bertz CT molecular complexity index is 1090. The van der Waals surface area contributed by atoms with Gasteiger partial charge in [-0.1, -0.05) is 24.3 Å². The van der Waals surface area contributed by atoms with E-state index in [0.717, 1.165) is 11.8 Å². The van der Waals surface area contributed by atoms with Gasteiger partial charge in [0, 0.05) is 16.6 Å².